The van der Waals surface area contributed by atoms with Gasteiger partial charge in [0.1, 0.15) is 0 Å². The van der Waals surface area contributed by atoms with Crippen LogP contribution in [0.3, 0.4) is 0 Å². The molecule has 1 heterocycles. The summed E-state index contributed by atoms with van der Waals surface area (Å²) < 4.78 is 5.52. The van der Waals surface area contributed by atoms with Crippen LogP contribution < -0.4 is 10.2 Å². The van der Waals surface area contributed by atoms with E-state index in [1.807, 2.05) is 12.1 Å². The van der Waals surface area contributed by atoms with E-state index in [0.29, 0.717) is 0 Å². The third kappa shape index (κ3) is 4.10. The zero-order chi connectivity index (χ0) is 13.5. The fraction of sp³-hybridized carbons (Fsp3) is 0.600. The lowest BCUT2D eigenvalue weighted by Crippen LogP contribution is -2.28. The molecular weight excluding hydrogens is 260 g/mol. The summed E-state index contributed by atoms with van der Waals surface area (Å²) in [6.45, 7) is 7.67. The van der Waals surface area contributed by atoms with E-state index in [9.17, 15) is 0 Å². The minimum atomic E-state index is 0.785. The molecule has 1 aliphatic rings. The second kappa shape index (κ2) is 7.73. The highest BCUT2D eigenvalue weighted by Crippen LogP contribution is 2.30. The minimum Gasteiger partial charge on any atom is -0.380 e. The highest BCUT2D eigenvalue weighted by atomic mass is 35.5. The van der Waals surface area contributed by atoms with Crippen molar-refractivity contribution < 1.29 is 4.74 Å². The van der Waals surface area contributed by atoms with Crippen LogP contribution in [0.15, 0.2) is 18.2 Å². The fourth-order valence-corrected chi connectivity index (χ4v) is 2.74. The van der Waals surface area contributed by atoms with E-state index in [1.54, 1.807) is 0 Å². The first-order chi connectivity index (χ1) is 9.33. The molecule has 0 aliphatic carbocycles. The van der Waals surface area contributed by atoms with Gasteiger partial charge in [0.05, 0.1) is 17.3 Å². The van der Waals surface area contributed by atoms with Crippen molar-refractivity contribution >= 4 is 17.3 Å². The Labute approximate surface area is 120 Å². The van der Waals surface area contributed by atoms with Gasteiger partial charge in [-0.3, -0.25) is 0 Å². The minimum absolute atomic E-state index is 0.785. The monoisotopic (exact) mass is 282 g/mol. The molecule has 0 saturated carbocycles. The molecule has 1 aromatic carbocycles. The maximum absolute atomic E-state index is 6.42. The zero-order valence-electron chi connectivity index (χ0n) is 11.6. The van der Waals surface area contributed by atoms with Gasteiger partial charge in [-0.2, -0.15) is 0 Å². The van der Waals surface area contributed by atoms with Crippen molar-refractivity contribution in [1.29, 1.82) is 0 Å². The molecule has 0 bridgehead atoms. The maximum Gasteiger partial charge on any atom is 0.0642 e. The third-order valence-corrected chi connectivity index (χ3v) is 3.66. The molecule has 3 nitrogen and oxygen atoms in total. The second-order valence-electron chi connectivity index (χ2n) is 4.88. The number of hydrogen-bond donors (Lipinski definition) is 1. The van der Waals surface area contributed by atoms with Gasteiger partial charge in [0.2, 0.25) is 0 Å². The molecular formula is C15H23ClN2O. The van der Waals surface area contributed by atoms with E-state index in [1.165, 1.54) is 11.3 Å². The lowest BCUT2D eigenvalue weighted by Gasteiger charge is -2.26. The predicted molar refractivity (Wildman–Crippen MR) is 81.1 cm³/mol. The van der Waals surface area contributed by atoms with E-state index in [0.717, 1.165) is 57.3 Å². The first kappa shape index (κ1) is 14.6. The summed E-state index contributed by atoms with van der Waals surface area (Å²) in [5.41, 5.74) is 2.46. The predicted octanol–water partition coefficient (Wildman–Crippen LogP) is 3.07. The van der Waals surface area contributed by atoms with Crippen molar-refractivity contribution in [3.8, 4) is 0 Å². The van der Waals surface area contributed by atoms with Crippen LogP contribution in [0.25, 0.3) is 0 Å². The molecule has 19 heavy (non-hydrogen) atoms. The molecule has 0 unspecified atom stereocenters. The number of ether oxygens (including phenoxy) is 1. The van der Waals surface area contributed by atoms with E-state index < -0.39 is 0 Å². The van der Waals surface area contributed by atoms with Crippen LogP contribution in [0.1, 0.15) is 25.3 Å². The Morgan fingerprint density at radius 2 is 2.21 bits per heavy atom. The maximum atomic E-state index is 6.42. The second-order valence-corrected chi connectivity index (χ2v) is 5.28. The summed E-state index contributed by atoms with van der Waals surface area (Å²) in [7, 11) is 0. The number of benzene rings is 1. The van der Waals surface area contributed by atoms with Crippen LogP contribution in [0.5, 0.6) is 0 Å². The molecule has 0 spiro atoms. The van der Waals surface area contributed by atoms with Crippen LogP contribution in [0.4, 0.5) is 5.69 Å². The first-order valence-corrected chi connectivity index (χ1v) is 7.51. The Hall–Kier alpha value is -0.770. The topological polar surface area (TPSA) is 24.5 Å². The number of rotatable bonds is 5. The zero-order valence-corrected chi connectivity index (χ0v) is 12.4. The summed E-state index contributed by atoms with van der Waals surface area (Å²) in [6, 6.07) is 6.17. The van der Waals surface area contributed by atoms with Gasteiger partial charge in [-0.15, -0.1) is 0 Å². The van der Waals surface area contributed by atoms with Crippen LogP contribution >= 0.6 is 11.6 Å². The molecule has 0 amide bonds. The van der Waals surface area contributed by atoms with Gasteiger partial charge >= 0.3 is 0 Å². The third-order valence-electron chi connectivity index (χ3n) is 3.35. The van der Waals surface area contributed by atoms with Crippen molar-refractivity contribution in [3.05, 3.63) is 28.8 Å². The number of hydrogen-bond acceptors (Lipinski definition) is 3. The van der Waals surface area contributed by atoms with Gasteiger partial charge in [-0.25, -0.2) is 0 Å². The highest BCUT2D eigenvalue weighted by Gasteiger charge is 2.16. The van der Waals surface area contributed by atoms with Crippen molar-refractivity contribution in [2.24, 2.45) is 0 Å². The van der Waals surface area contributed by atoms with Crippen LogP contribution in [0.2, 0.25) is 5.02 Å². The number of halogens is 1. The summed E-state index contributed by atoms with van der Waals surface area (Å²) in [5, 5.41) is 4.30. The van der Waals surface area contributed by atoms with Gasteiger partial charge in [0.25, 0.3) is 0 Å². The van der Waals surface area contributed by atoms with Crippen molar-refractivity contribution in [1.82, 2.24) is 5.32 Å². The molecule has 2 rings (SSSR count). The SMILES string of the molecule is CCCNCc1cccc(Cl)c1N1CCCOCC1. The Morgan fingerprint density at radius 3 is 3.05 bits per heavy atom. The summed E-state index contributed by atoms with van der Waals surface area (Å²) in [4.78, 5) is 2.36. The number of nitrogens with zero attached hydrogens (tertiary/aromatic N) is 1. The lowest BCUT2D eigenvalue weighted by atomic mass is 10.1. The first-order valence-electron chi connectivity index (χ1n) is 7.13. The molecule has 106 valence electrons. The summed E-state index contributed by atoms with van der Waals surface area (Å²) in [5.74, 6) is 0. The normalized spacial score (nSPS) is 16.4. The van der Waals surface area contributed by atoms with Crippen molar-refractivity contribution in [2.75, 3.05) is 37.7 Å². The Bertz CT molecular complexity index is 390. The molecule has 0 radical (unpaired) electrons. The molecule has 4 heteroatoms. The number of para-hydroxylation sites is 1. The Balaban J connectivity index is 2.15. The quantitative estimate of drug-likeness (QED) is 0.840. The Morgan fingerprint density at radius 1 is 1.32 bits per heavy atom. The Kier molecular flexibility index (Phi) is 5.95. The summed E-state index contributed by atoms with van der Waals surface area (Å²) >= 11 is 6.42. The molecule has 1 aromatic rings. The van der Waals surface area contributed by atoms with E-state index in [4.69, 9.17) is 16.3 Å². The molecule has 1 saturated heterocycles. The molecule has 0 aromatic heterocycles. The van der Waals surface area contributed by atoms with Gasteiger partial charge < -0.3 is 15.0 Å². The fourth-order valence-electron chi connectivity index (χ4n) is 2.43. The van der Waals surface area contributed by atoms with Gasteiger partial charge in [-0.05, 0) is 31.0 Å². The van der Waals surface area contributed by atoms with Crippen molar-refractivity contribution in [3.63, 3.8) is 0 Å². The molecule has 1 fully saturated rings. The average Bonchev–Trinajstić information content (AvgIpc) is 2.68. The molecule has 0 atom stereocenters. The highest BCUT2D eigenvalue weighted by molar-refractivity contribution is 6.33. The number of nitrogens with one attached hydrogen (secondary N) is 1. The van der Waals surface area contributed by atoms with Gasteiger partial charge in [0.15, 0.2) is 0 Å². The summed E-state index contributed by atoms with van der Waals surface area (Å²) in [6.07, 6.45) is 2.21. The average molecular weight is 283 g/mol. The van der Waals surface area contributed by atoms with E-state index in [2.05, 4.69) is 23.2 Å². The molecule has 1 aliphatic heterocycles. The van der Waals surface area contributed by atoms with Gasteiger partial charge in [0, 0.05) is 26.2 Å². The standard InChI is InChI=1S/C15H23ClN2O/c1-2-7-17-12-13-5-3-6-14(16)15(13)18-8-4-10-19-11-9-18/h3,5-6,17H,2,4,7-12H2,1H3. The number of anilines is 1. The largest absolute Gasteiger partial charge is 0.380 e. The van der Waals surface area contributed by atoms with Crippen LogP contribution in [-0.2, 0) is 11.3 Å². The van der Waals surface area contributed by atoms with Crippen LogP contribution in [-0.4, -0.2) is 32.8 Å². The van der Waals surface area contributed by atoms with E-state index >= 15 is 0 Å². The smallest absolute Gasteiger partial charge is 0.0642 e. The van der Waals surface area contributed by atoms with Crippen molar-refractivity contribution in [2.45, 2.75) is 26.3 Å². The molecule has 1 N–H and O–H groups in total. The van der Waals surface area contributed by atoms with E-state index in [-0.39, 0.29) is 0 Å². The lowest BCUT2D eigenvalue weighted by molar-refractivity contribution is 0.152. The van der Waals surface area contributed by atoms with Crippen LogP contribution in [0, 0.1) is 0 Å². The van der Waals surface area contributed by atoms with Gasteiger partial charge in [-0.1, -0.05) is 30.7 Å².